The molecule has 136 valence electrons. The van der Waals surface area contributed by atoms with Crippen LogP contribution in [0.4, 0.5) is 4.39 Å². The molecule has 0 saturated heterocycles. The SMILES string of the molecule is CCC(NC(=O)c1cc(S(=O)(=O)NC(C)C)ccc1F)c1cccs1. The predicted molar refractivity (Wildman–Crippen MR) is 96.7 cm³/mol. The van der Waals surface area contributed by atoms with Gasteiger partial charge in [0.15, 0.2) is 0 Å². The van der Waals surface area contributed by atoms with Crippen LogP contribution < -0.4 is 10.0 Å². The van der Waals surface area contributed by atoms with Crippen LogP contribution in [0, 0.1) is 5.82 Å². The number of halogens is 1. The molecule has 5 nitrogen and oxygen atoms in total. The molecule has 0 fully saturated rings. The van der Waals surface area contributed by atoms with E-state index in [1.54, 1.807) is 13.8 Å². The number of sulfonamides is 1. The van der Waals surface area contributed by atoms with Gasteiger partial charge in [0.1, 0.15) is 5.82 Å². The highest BCUT2D eigenvalue weighted by Gasteiger charge is 2.22. The van der Waals surface area contributed by atoms with Crippen molar-refractivity contribution >= 4 is 27.3 Å². The Hall–Kier alpha value is -1.77. The molecule has 0 aliphatic rings. The van der Waals surface area contributed by atoms with Crippen molar-refractivity contribution in [3.05, 3.63) is 52.0 Å². The molecule has 0 aliphatic carbocycles. The van der Waals surface area contributed by atoms with E-state index in [-0.39, 0.29) is 22.5 Å². The van der Waals surface area contributed by atoms with E-state index in [0.29, 0.717) is 6.42 Å². The normalized spacial score (nSPS) is 13.0. The van der Waals surface area contributed by atoms with Gasteiger partial charge >= 0.3 is 0 Å². The highest BCUT2D eigenvalue weighted by molar-refractivity contribution is 7.89. The molecule has 8 heteroatoms. The maximum absolute atomic E-state index is 14.1. The minimum Gasteiger partial charge on any atom is -0.344 e. The third-order valence-electron chi connectivity index (χ3n) is 3.48. The average Bonchev–Trinajstić information content (AvgIpc) is 3.05. The number of benzene rings is 1. The molecular weight excluding hydrogens is 363 g/mol. The summed E-state index contributed by atoms with van der Waals surface area (Å²) in [5.74, 6) is -1.40. The summed E-state index contributed by atoms with van der Waals surface area (Å²) in [6.07, 6.45) is 0.640. The van der Waals surface area contributed by atoms with Gasteiger partial charge in [-0.3, -0.25) is 4.79 Å². The van der Waals surface area contributed by atoms with Crippen molar-refractivity contribution in [2.24, 2.45) is 0 Å². The van der Waals surface area contributed by atoms with Gasteiger partial charge in [0.2, 0.25) is 10.0 Å². The lowest BCUT2D eigenvalue weighted by atomic mass is 10.1. The number of amides is 1. The topological polar surface area (TPSA) is 75.3 Å². The van der Waals surface area contributed by atoms with Gasteiger partial charge in [-0.2, -0.15) is 0 Å². The first-order valence-electron chi connectivity index (χ1n) is 7.90. The van der Waals surface area contributed by atoms with Crippen LogP contribution in [0.15, 0.2) is 40.6 Å². The molecule has 0 bridgehead atoms. The van der Waals surface area contributed by atoms with Crippen molar-refractivity contribution in [1.29, 1.82) is 0 Å². The Bertz CT molecular complexity index is 834. The Morgan fingerprint density at radius 2 is 2.00 bits per heavy atom. The zero-order chi connectivity index (χ0) is 18.6. The van der Waals surface area contributed by atoms with Crippen LogP contribution in [-0.2, 0) is 10.0 Å². The van der Waals surface area contributed by atoms with Gasteiger partial charge in [-0.25, -0.2) is 17.5 Å². The van der Waals surface area contributed by atoms with Crippen LogP contribution in [0.2, 0.25) is 0 Å². The summed E-state index contributed by atoms with van der Waals surface area (Å²) >= 11 is 1.50. The maximum Gasteiger partial charge on any atom is 0.254 e. The van der Waals surface area contributed by atoms with Gasteiger partial charge in [-0.1, -0.05) is 13.0 Å². The molecule has 2 rings (SSSR count). The summed E-state index contributed by atoms with van der Waals surface area (Å²) in [4.78, 5) is 13.3. The van der Waals surface area contributed by atoms with Crippen molar-refractivity contribution < 1.29 is 17.6 Å². The molecule has 1 aromatic carbocycles. The number of rotatable bonds is 7. The van der Waals surface area contributed by atoms with Crippen molar-refractivity contribution in [3.63, 3.8) is 0 Å². The highest BCUT2D eigenvalue weighted by atomic mass is 32.2. The Morgan fingerprint density at radius 3 is 2.56 bits per heavy atom. The van der Waals surface area contributed by atoms with Gasteiger partial charge in [-0.15, -0.1) is 11.3 Å². The smallest absolute Gasteiger partial charge is 0.254 e. The molecule has 25 heavy (non-hydrogen) atoms. The molecule has 1 aromatic heterocycles. The third-order valence-corrected chi connectivity index (χ3v) is 6.13. The summed E-state index contributed by atoms with van der Waals surface area (Å²) in [5.41, 5.74) is -0.290. The van der Waals surface area contributed by atoms with Gasteiger partial charge in [-0.05, 0) is 49.9 Å². The van der Waals surface area contributed by atoms with Crippen LogP contribution in [0.1, 0.15) is 48.5 Å². The number of hydrogen-bond donors (Lipinski definition) is 2. The molecule has 0 saturated carbocycles. The highest BCUT2D eigenvalue weighted by Crippen LogP contribution is 2.23. The lowest BCUT2D eigenvalue weighted by molar-refractivity contribution is 0.0932. The minimum absolute atomic E-state index is 0.142. The molecule has 1 atom stereocenters. The molecule has 1 amide bonds. The summed E-state index contributed by atoms with van der Waals surface area (Å²) < 4.78 is 41.0. The Kier molecular flexibility index (Phi) is 6.31. The zero-order valence-corrected chi connectivity index (χ0v) is 15.9. The summed E-state index contributed by atoms with van der Waals surface area (Å²) in [6, 6.07) is 6.42. The molecule has 2 aromatic rings. The Balaban J connectivity index is 2.29. The van der Waals surface area contributed by atoms with E-state index >= 15 is 0 Å². The molecule has 2 N–H and O–H groups in total. The van der Waals surface area contributed by atoms with E-state index < -0.39 is 21.7 Å². The van der Waals surface area contributed by atoms with Gasteiger partial charge in [0, 0.05) is 10.9 Å². The molecule has 1 unspecified atom stereocenters. The fourth-order valence-electron chi connectivity index (χ4n) is 2.32. The first-order valence-corrected chi connectivity index (χ1v) is 10.3. The van der Waals surface area contributed by atoms with E-state index in [2.05, 4.69) is 10.0 Å². The van der Waals surface area contributed by atoms with Crippen molar-refractivity contribution in [3.8, 4) is 0 Å². The monoisotopic (exact) mass is 384 g/mol. The average molecular weight is 384 g/mol. The molecule has 0 spiro atoms. The Labute approximate surface area is 151 Å². The van der Waals surface area contributed by atoms with Crippen LogP contribution in [0.25, 0.3) is 0 Å². The molecule has 0 aliphatic heterocycles. The number of nitrogens with one attached hydrogen (secondary N) is 2. The molecule has 0 radical (unpaired) electrons. The zero-order valence-electron chi connectivity index (χ0n) is 14.2. The van der Waals surface area contributed by atoms with E-state index in [1.807, 2.05) is 24.4 Å². The maximum atomic E-state index is 14.1. The fraction of sp³-hybridized carbons (Fsp3) is 0.353. The summed E-state index contributed by atoms with van der Waals surface area (Å²) in [5, 5.41) is 4.66. The van der Waals surface area contributed by atoms with Crippen LogP contribution in [0.5, 0.6) is 0 Å². The summed E-state index contributed by atoms with van der Waals surface area (Å²) in [6.45, 7) is 5.28. The van der Waals surface area contributed by atoms with E-state index in [9.17, 15) is 17.6 Å². The largest absolute Gasteiger partial charge is 0.344 e. The predicted octanol–water partition coefficient (Wildman–Crippen LogP) is 3.46. The second-order valence-electron chi connectivity index (χ2n) is 5.87. The number of carbonyl (C=O) groups is 1. The number of hydrogen-bond acceptors (Lipinski definition) is 4. The number of carbonyl (C=O) groups excluding carboxylic acids is 1. The first-order chi connectivity index (χ1) is 11.7. The Morgan fingerprint density at radius 1 is 1.28 bits per heavy atom. The number of thiophene rings is 1. The molecular formula is C17H21FN2O3S2. The van der Waals surface area contributed by atoms with Crippen LogP contribution in [0.3, 0.4) is 0 Å². The van der Waals surface area contributed by atoms with Gasteiger partial charge in [0.05, 0.1) is 16.5 Å². The van der Waals surface area contributed by atoms with Crippen LogP contribution >= 0.6 is 11.3 Å². The second-order valence-corrected chi connectivity index (χ2v) is 8.56. The third kappa shape index (κ3) is 4.87. The quantitative estimate of drug-likeness (QED) is 0.768. The van der Waals surface area contributed by atoms with Crippen molar-refractivity contribution in [2.45, 2.75) is 44.2 Å². The van der Waals surface area contributed by atoms with Crippen molar-refractivity contribution in [1.82, 2.24) is 10.0 Å². The lowest BCUT2D eigenvalue weighted by Gasteiger charge is -2.16. The standard InChI is InChI=1S/C17H21FN2O3S2/c1-4-15(16-6-5-9-24-16)19-17(21)13-10-12(7-8-14(13)18)25(22,23)20-11(2)3/h5-11,15,20H,4H2,1-3H3,(H,19,21). The first kappa shape index (κ1) is 19.6. The van der Waals surface area contributed by atoms with Crippen molar-refractivity contribution in [2.75, 3.05) is 0 Å². The minimum atomic E-state index is -3.80. The van der Waals surface area contributed by atoms with Gasteiger partial charge in [0.25, 0.3) is 5.91 Å². The van der Waals surface area contributed by atoms with Gasteiger partial charge < -0.3 is 5.32 Å². The lowest BCUT2D eigenvalue weighted by Crippen LogP contribution is -2.31. The van der Waals surface area contributed by atoms with E-state index in [1.165, 1.54) is 11.3 Å². The second kappa shape index (κ2) is 8.07. The van der Waals surface area contributed by atoms with E-state index in [4.69, 9.17) is 0 Å². The van der Waals surface area contributed by atoms with Crippen LogP contribution in [-0.4, -0.2) is 20.4 Å². The van der Waals surface area contributed by atoms with E-state index in [0.717, 1.165) is 23.1 Å². The fourth-order valence-corrected chi connectivity index (χ4v) is 4.46. The summed E-state index contributed by atoms with van der Waals surface area (Å²) in [7, 11) is -3.80. The molecule has 1 heterocycles.